The van der Waals surface area contributed by atoms with Crippen molar-refractivity contribution in [1.29, 1.82) is 0 Å². The topological polar surface area (TPSA) is 24.9 Å². The van der Waals surface area contributed by atoms with Crippen molar-refractivity contribution < 1.29 is 0 Å². The van der Waals surface area contributed by atoms with Crippen LogP contribution in [-0.2, 0) is 0 Å². The van der Waals surface area contributed by atoms with Gasteiger partial charge < -0.3 is 5.32 Å². The number of aromatic nitrogens is 1. The van der Waals surface area contributed by atoms with Crippen molar-refractivity contribution in [3.8, 4) is 0 Å². The third-order valence-corrected chi connectivity index (χ3v) is 2.61. The van der Waals surface area contributed by atoms with Crippen LogP contribution in [0, 0.1) is 13.8 Å². The van der Waals surface area contributed by atoms with Crippen LogP contribution in [0.15, 0.2) is 6.58 Å². The second kappa shape index (κ2) is 3.05. The molecule has 0 saturated heterocycles. The Balaban J connectivity index is 3.03. The summed E-state index contributed by atoms with van der Waals surface area (Å²) in [7, 11) is 1.87. The Bertz CT molecular complexity index is 276. The molecule has 1 rings (SSSR count). The highest BCUT2D eigenvalue weighted by Gasteiger charge is 2.05. The van der Waals surface area contributed by atoms with Gasteiger partial charge in [-0.3, -0.25) is 0 Å². The summed E-state index contributed by atoms with van der Waals surface area (Å²) >= 11 is 1.67. The molecule has 3 heteroatoms. The minimum atomic E-state index is 0.952. The van der Waals surface area contributed by atoms with Gasteiger partial charge in [-0.1, -0.05) is 6.58 Å². The molecule has 0 amide bonds. The van der Waals surface area contributed by atoms with Crippen LogP contribution in [-0.4, -0.2) is 12.0 Å². The van der Waals surface area contributed by atoms with Gasteiger partial charge >= 0.3 is 0 Å². The summed E-state index contributed by atoms with van der Waals surface area (Å²) in [5, 5.41) is 4.10. The van der Waals surface area contributed by atoms with Gasteiger partial charge in [0.05, 0.1) is 15.6 Å². The van der Waals surface area contributed by atoms with Crippen molar-refractivity contribution in [2.45, 2.75) is 13.8 Å². The van der Waals surface area contributed by atoms with E-state index >= 15 is 0 Å². The Hall–Kier alpha value is -0.830. The Morgan fingerprint density at radius 1 is 1.55 bits per heavy atom. The normalized spacial score (nSPS) is 9.73. The average Bonchev–Trinajstić information content (AvgIpc) is 2.28. The zero-order valence-electron chi connectivity index (χ0n) is 7.06. The van der Waals surface area contributed by atoms with Gasteiger partial charge in [0.25, 0.3) is 0 Å². The molecule has 1 aromatic rings. The van der Waals surface area contributed by atoms with Gasteiger partial charge in [0.2, 0.25) is 0 Å². The van der Waals surface area contributed by atoms with E-state index in [1.165, 1.54) is 0 Å². The third kappa shape index (κ3) is 1.60. The summed E-state index contributed by atoms with van der Waals surface area (Å²) < 4.78 is 0. The highest BCUT2D eigenvalue weighted by atomic mass is 32.1. The predicted molar refractivity (Wildman–Crippen MR) is 49.7 cm³/mol. The molecule has 1 heterocycles. The van der Waals surface area contributed by atoms with Gasteiger partial charge in [-0.05, 0) is 13.8 Å². The smallest absolute Gasteiger partial charge is 0.0904 e. The molecule has 60 valence electrons. The third-order valence-electron chi connectivity index (χ3n) is 1.48. The van der Waals surface area contributed by atoms with E-state index in [2.05, 4.69) is 16.9 Å². The SMILES string of the molecule is C=C(NC)c1sc(C)nc1C. The lowest BCUT2D eigenvalue weighted by molar-refractivity contribution is 1.12. The van der Waals surface area contributed by atoms with E-state index in [0.717, 1.165) is 21.3 Å². The lowest BCUT2D eigenvalue weighted by atomic mass is 10.3. The van der Waals surface area contributed by atoms with Crippen LogP contribution in [0.3, 0.4) is 0 Å². The van der Waals surface area contributed by atoms with Gasteiger partial charge in [-0.25, -0.2) is 4.98 Å². The van der Waals surface area contributed by atoms with Gasteiger partial charge in [-0.15, -0.1) is 11.3 Å². The van der Waals surface area contributed by atoms with Gasteiger partial charge in [0, 0.05) is 12.7 Å². The molecule has 0 fully saturated rings. The molecule has 0 saturated carbocycles. The fraction of sp³-hybridized carbons (Fsp3) is 0.375. The van der Waals surface area contributed by atoms with Crippen molar-refractivity contribution in [2.24, 2.45) is 0 Å². The van der Waals surface area contributed by atoms with Crippen molar-refractivity contribution in [2.75, 3.05) is 7.05 Å². The van der Waals surface area contributed by atoms with E-state index in [0.29, 0.717) is 0 Å². The number of thiazole rings is 1. The van der Waals surface area contributed by atoms with E-state index in [-0.39, 0.29) is 0 Å². The summed E-state index contributed by atoms with van der Waals surface area (Å²) in [6, 6.07) is 0. The molecule has 11 heavy (non-hydrogen) atoms. The van der Waals surface area contributed by atoms with Crippen LogP contribution < -0.4 is 5.32 Å². The molecule has 0 aliphatic carbocycles. The number of hydrogen-bond acceptors (Lipinski definition) is 3. The zero-order valence-corrected chi connectivity index (χ0v) is 7.88. The molecule has 0 unspecified atom stereocenters. The first kappa shape index (κ1) is 8.27. The predicted octanol–water partition coefficient (Wildman–Crippen LogP) is 1.95. The molecule has 0 aliphatic rings. The molecule has 0 aromatic carbocycles. The number of hydrogen-bond donors (Lipinski definition) is 1. The summed E-state index contributed by atoms with van der Waals surface area (Å²) in [5.41, 5.74) is 2.01. The van der Waals surface area contributed by atoms with Crippen molar-refractivity contribution >= 4 is 17.0 Å². The molecular weight excluding hydrogens is 156 g/mol. The van der Waals surface area contributed by atoms with Crippen molar-refractivity contribution in [3.63, 3.8) is 0 Å². The lowest BCUT2D eigenvalue weighted by Crippen LogP contribution is -2.02. The highest BCUT2D eigenvalue weighted by molar-refractivity contribution is 7.12. The lowest BCUT2D eigenvalue weighted by Gasteiger charge is -2.00. The minimum Gasteiger partial charge on any atom is -0.387 e. The Morgan fingerprint density at radius 3 is 2.55 bits per heavy atom. The molecular formula is C8H12N2S. The number of rotatable bonds is 2. The molecule has 0 spiro atoms. The van der Waals surface area contributed by atoms with E-state index in [9.17, 15) is 0 Å². The second-order valence-electron chi connectivity index (χ2n) is 2.38. The van der Waals surface area contributed by atoms with Crippen molar-refractivity contribution in [1.82, 2.24) is 10.3 Å². The molecule has 0 atom stereocenters. The summed E-state index contributed by atoms with van der Waals surface area (Å²) in [5.74, 6) is 0. The van der Waals surface area contributed by atoms with Crippen LogP contribution in [0.2, 0.25) is 0 Å². The Morgan fingerprint density at radius 2 is 2.18 bits per heavy atom. The zero-order chi connectivity index (χ0) is 8.43. The molecule has 2 nitrogen and oxygen atoms in total. The highest BCUT2D eigenvalue weighted by Crippen LogP contribution is 2.22. The monoisotopic (exact) mass is 168 g/mol. The quantitative estimate of drug-likeness (QED) is 0.730. The van der Waals surface area contributed by atoms with Crippen LogP contribution >= 0.6 is 11.3 Å². The number of nitrogens with one attached hydrogen (secondary N) is 1. The standard InChI is InChI=1S/C8H12N2S/c1-5(9-4)8-6(2)10-7(3)11-8/h9H,1H2,2-4H3. The van der Waals surface area contributed by atoms with E-state index < -0.39 is 0 Å². The second-order valence-corrected chi connectivity index (χ2v) is 3.58. The maximum absolute atomic E-state index is 4.30. The van der Waals surface area contributed by atoms with Gasteiger partial charge in [0.1, 0.15) is 0 Å². The Kier molecular flexibility index (Phi) is 2.29. The van der Waals surface area contributed by atoms with Crippen LogP contribution in [0.4, 0.5) is 0 Å². The first-order chi connectivity index (χ1) is 5.15. The maximum Gasteiger partial charge on any atom is 0.0904 e. The first-order valence-corrected chi connectivity index (χ1v) is 4.28. The van der Waals surface area contributed by atoms with Crippen LogP contribution in [0.5, 0.6) is 0 Å². The van der Waals surface area contributed by atoms with Gasteiger partial charge in [-0.2, -0.15) is 0 Å². The molecule has 1 aromatic heterocycles. The fourth-order valence-corrected chi connectivity index (χ4v) is 1.82. The minimum absolute atomic E-state index is 0.952. The molecule has 0 aliphatic heterocycles. The number of aryl methyl sites for hydroxylation is 2. The van der Waals surface area contributed by atoms with Crippen LogP contribution in [0.1, 0.15) is 15.6 Å². The van der Waals surface area contributed by atoms with E-state index in [1.807, 2.05) is 20.9 Å². The van der Waals surface area contributed by atoms with E-state index in [1.54, 1.807) is 11.3 Å². The Labute approximate surface area is 71.0 Å². The van der Waals surface area contributed by atoms with Crippen molar-refractivity contribution in [3.05, 3.63) is 22.2 Å². The average molecular weight is 168 g/mol. The largest absolute Gasteiger partial charge is 0.387 e. The van der Waals surface area contributed by atoms with Gasteiger partial charge in [0.15, 0.2) is 0 Å². The summed E-state index contributed by atoms with van der Waals surface area (Å²) in [6.07, 6.45) is 0. The summed E-state index contributed by atoms with van der Waals surface area (Å²) in [4.78, 5) is 5.46. The summed E-state index contributed by atoms with van der Waals surface area (Å²) in [6.45, 7) is 7.88. The molecule has 1 N–H and O–H groups in total. The molecule has 0 radical (unpaired) electrons. The molecule has 0 bridgehead atoms. The first-order valence-electron chi connectivity index (χ1n) is 3.46. The maximum atomic E-state index is 4.30. The fourth-order valence-electron chi connectivity index (χ4n) is 0.925. The number of nitrogens with zero attached hydrogens (tertiary/aromatic N) is 1. The van der Waals surface area contributed by atoms with Crippen LogP contribution in [0.25, 0.3) is 5.70 Å². The van der Waals surface area contributed by atoms with E-state index in [4.69, 9.17) is 0 Å².